The van der Waals surface area contributed by atoms with Gasteiger partial charge < -0.3 is 25.3 Å². The zero-order valence-electron chi connectivity index (χ0n) is 19.4. The van der Waals surface area contributed by atoms with Gasteiger partial charge in [-0.1, -0.05) is 36.4 Å². The SMILES string of the molecule is CN(C)C1CCN(c2ccc(O)c(C(=O)Nc3cc(-c4ccccc4)ccc3C(=O)O)c2)CC1. The third kappa shape index (κ3) is 5.05. The summed E-state index contributed by atoms with van der Waals surface area (Å²) in [7, 11) is 4.17. The van der Waals surface area contributed by atoms with Crippen LogP contribution in [0.3, 0.4) is 0 Å². The van der Waals surface area contributed by atoms with Gasteiger partial charge in [-0.15, -0.1) is 0 Å². The van der Waals surface area contributed by atoms with Crippen LogP contribution in [0.15, 0.2) is 66.7 Å². The lowest BCUT2D eigenvalue weighted by Gasteiger charge is -2.36. The average molecular weight is 460 g/mol. The summed E-state index contributed by atoms with van der Waals surface area (Å²) in [5.41, 5.74) is 2.80. The number of carbonyl (C=O) groups is 2. The second-order valence-corrected chi connectivity index (χ2v) is 8.77. The number of phenolic OH excluding ortho intramolecular Hbond substituents is 1. The number of benzene rings is 3. The third-order valence-corrected chi connectivity index (χ3v) is 6.39. The third-order valence-electron chi connectivity index (χ3n) is 6.39. The first-order chi connectivity index (χ1) is 16.3. The maximum Gasteiger partial charge on any atom is 0.337 e. The zero-order chi connectivity index (χ0) is 24.2. The van der Waals surface area contributed by atoms with Crippen molar-refractivity contribution in [3.05, 3.63) is 77.9 Å². The molecule has 7 heteroatoms. The van der Waals surface area contributed by atoms with Gasteiger partial charge in [-0.05, 0) is 68.4 Å². The van der Waals surface area contributed by atoms with E-state index in [9.17, 15) is 19.8 Å². The number of nitrogens with zero attached hydrogens (tertiary/aromatic N) is 2. The van der Waals surface area contributed by atoms with Crippen molar-refractivity contribution in [2.24, 2.45) is 0 Å². The van der Waals surface area contributed by atoms with Crippen LogP contribution in [0.5, 0.6) is 5.75 Å². The van der Waals surface area contributed by atoms with E-state index in [1.54, 1.807) is 24.3 Å². The molecule has 3 N–H and O–H groups in total. The predicted molar refractivity (Wildman–Crippen MR) is 134 cm³/mol. The van der Waals surface area contributed by atoms with Crippen molar-refractivity contribution in [3.63, 3.8) is 0 Å². The van der Waals surface area contributed by atoms with Crippen molar-refractivity contribution in [1.82, 2.24) is 4.90 Å². The predicted octanol–water partition coefficient (Wildman–Crippen LogP) is 4.54. The first kappa shape index (κ1) is 23.3. The average Bonchev–Trinajstić information content (AvgIpc) is 2.84. The minimum absolute atomic E-state index is 0.0190. The number of aromatic carboxylic acids is 1. The Bertz CT molecular complexity index is 1190. The van der Waals surface area contributed by atoms with Crippen molar-refractivity contribution in [2.75, 3.05) is 37.4 Å². The van der Waals surface area contributed by atoms with Crippen LogP contribution < -0.4 is 10.2 Å². The Labute approximate surface area is 199 Å². The van der Waals surface area contributed by atoms with Crippen molar-refractivity contribution < 1.29 is 19.8 Å². The second-order valence-electron chi connectivity index (χ2n) is 8.77. The number of anilines is 2. The molecule has 3 aromatic rings. The molecular weight excluding hydrogens is 430 g/mol. The molecule has 1 fully saturated rings. The van der Waals surface area contributed by atoms with Crippen LogP contribution >= 0.6 is 0 Å². The van der Waals surface area contributed by atoms with Crippen molar-refractivity contribution >= 4 is 23.3 Å². The summed E-state index contributed by atoms with van der Waals surface area (Å²) in [4.78, 5) is 29.4. The fourth-order valence-electron chi connectivity index (χ4n) is 4.38. The van der Waals surface area contributed by atoms with E-state index < -0.39 is 11.9 Å². The van der Waals surface area contributed by atoms with Gasteiger partial charge in [-0.3, -0.25) is 4.79 Å². The molecule has 34 heavy (non-hydrogen) atoms. The van der Waals surface area contributed by atoms with Crippen LogP contribution in [-0.2, 0) is 0 Å². The van der Waals surface area contributed by atoms with Gasteiger partial charge in [-0.2, -0.15) is 0 Å². The number of carboxylic acid groups (broad SMARTS) is 1. The second kappa shape index (κ2) is 9.97. The van der Waals surface area contributed by atoms with Crippen molar-refractivity contribution in [1.29, 1.82) is 0 Å². The number of piperidine rings is 1. The molecule has 1 amide bonds. The van der Waals surface area contributed by atoms with E-state index in [1.807, 2.05) is 30.3 Å². The lowest BCUT2D eigenvalue weighted by Crippen LogP contribution is -2.42. The maximum absolute atomic E-state index is 13.1. The van der Waals surface area contributed by atoms with Crippen molar-refractivity contribution in [2.45, 2.75) is 18.9 Å². The quantitative estimate of drug-likeness (QED) is 0.501. The summed E-state index contributed by atoms with van der Waals surface area (Å²) >= 11 is 0. The van der Waals surface area contributed by atoms with Gasteiger partial charge in [0.25, 0.3) is 5.91 Å². The number of nitrogens with one attached hydrogen (secondary N) is 1. The Hall–Kier alpha value is -3.84. The molecule has 0 aromatic heterocycles. The summed E-state index contributed by atoms with van der Waals surface area (Å²) in [6, 6.07) is 19.9. The molecule has 3 aromatic carbocycles. The first-order valence-electron chi connectivity index (χ1n) is 11.3. The molecule has 0 aliphatic carbocycles. The van der Waals surface area contributed by atoms with Crippen LogP contribution in [0.25, 0.3) is 11.1 Å². The highest BCUT2D eigenvalue weighted by Crippen LogP contribution is 2.30. The highest BCUT2D eigenvalue weighted by Gasteiger charge is 2.23. The minimum Gasteiger partial charge on any atom is -0.507 e. The first-order valence-corrected chi connectivity index (χ1v) is 11.3. The van der Waals surface area contributed by atoms with E-state index >= 15 is 0 Å². The molecular formula is C27H29N3O4. The molecule has 0 bridgehead atoms. The van der Waals surface area contributed by atoms with Crippen LogP contribution in [-0.4, -0.2) is 60.2 Å². The number of carbonyl (C=O) groups excluding carboxylic acids is 1. The summed E-state index contributed by atoms with van der Waals surface area (Å²) in [6.45, 7) is 1.72. The summed E-state index contributed by atoms with van der Waals surface area (Å²) < 4.78 is 0. The molecule has 0 radical (unpaired) electrons. The minimum atomic E-state index is -1.14. The number of amides is 1. The Balaban J connectivity index is 1.59. The van der Waals surface area contributed by atoms with Crippen molar-refractivity contribution in [3.8, 4) is 16.9 Å². The smallest absolute Gasteiger partial charge is 0.337 e. The Kier molecular flexibility index (Phi) is 6.84. The van der Waals surface area contributed by atoms with Gasteiger partial charge in [0, 0.05) is 24.8 Å². The molecule has 0 spiro atoms. The van der Waals surface area contributed by atoms with Gasteiger partial charge in [0.1, 0.15) is 5.75 Å². The molecule has 4 rings (SSSR count). The highest BCUT2D eigenvalue weighted by atomic mass is 16.4. The van der Waals surface area contributed by atoms with E-state index in [0.29, 0.717) is 6.04 Å². The standard InChI is InChI=1S/C27H29N3O4/c1-29(2)20-12-14-30(15-13-20)21-9-11-25(31)23(17-21)26(32)28-24-16-19(8-10-22(24)27(33)34)18-6-4-3-5-7-18/h3-11,16-17,20,31H,12-15H2,1-2H3,(H,28,32)(H,33,34). The van der Waals surface area contributed by atoms with E-state index in [-0.39, 0.29) is 22.6 Å². The van der Waals surface area contributed by atoms with Crippen LogP contribution in [0.4, 0.5) is 11.4 Å². The normalized spacial score (nSPS) is 14.3. The van der Waals surface area contributed by atoms with Gasteiger partial charge in [0.2, 0.25) is 0 Å². The molecule has 1 saturated heterocycles. The van der Waals surface area contributed by atoms with Gasteiger partial charge >= 0.3 is 5.97 Å². The topological polar surface area (TPSA) is 93.1 Å². The monoisotopic (exact) mass is 459 g/mol. The number of rotatable bonds is 6. The molecule has 1 aliphatic rings. The maximum atomic E-state index is 13.1. The van der Waals surface area contributed by atoms with E-state index in [2.05, 4.69) is 29.2 Å². The number of hydrogen-bond donors (Lipinski definition) is 3. The van der Waals surface area contributed by atoms with Gasteiger partial charge in [0.15, 0.2) is 0 Å². The van der Waals surface area contributed by atoms with Crippen LogP contribution in [0.2, 0.25) is 0 Å². The number of carboxylic acids is 1. The van der Waals surface area contributed by atoms with Gasteiger partial charge in [0.05, 0.1) is 16.8 Å². The molecule has 176 valence electrons. The fourth-order valence-corrected chi connectivity index (χ4v) is 4.38. The molecule has 0 saturated carbocycles. The fraction of sp³-hybridized carbons (Fsp3) is 0.259. The van der Waals surface area contributed by atoms with Gasteiger partial charge in [-0.25, -0.2) is 4.79 Å². The number of phenols is 1. The Morgan fingerprint density at radius 1 is 0.912 bits per heavy atom. The molecule has 1 aliphatic heterocycles. The van der Waals surface area contributed by atoms with Crippen LogP contribution in [0, 0.1) is 0 Å². The molecule has 0 unspecified atom stereocenters. The summed E-state index contributed by atoms with van der Waals surface area (Å²) in [5, 5.41) is 22.7. The molecule has 7 nitrogen and oxygen atoms in total. The van der Waals surface area contributed by atoms with E-state index in [1.165, 1.54) is 12.1 Å². The Morgan fingerprint density at radius 3 is 2.26 bits per heavy atom. The van der Waals surface area contributed by atoms with E-state index in [4.69, 9.17) is 0 Å². The lowest BCUT2D eigenvalue weighted by atomic mass is 10.0. The lowest BCUT2D eigenvalue weighted by molar-refractivity contribution is 0.0698. The van der Waals surface area contributed by atoms with E-state index in [0.717, 1.165) is 42.7 Å². The largest absolute Gasteiger partial charge is 0.507 e. The molecule has 0 atom stereocenters. The zero-order valence-corrected chi connectivity index (χ0v) is 19.4. The highest BCUT2D eigenvalue weighted by molar-refractivity contribution is 6.10. The number of aromatic hydroxyl groups is 1. The summed E-state index contributed by atoms with van der Waals surface area (Å²) in [5.74, 6) is -1.85. The molecule has 1 heterocycles. The Morgan fingerprint density at radius 2 is 1.62 bits per heavy atom. The van der Waals surface area contributed by atoms with Crippen LogP contribution in [0.1, 0.15) is 33.6 Å². The summed E-state index contributed by atoms with van der Waals surface area (Å²) in [6.07, 6.45) is 2.04. The number of hydrogen-bond acceptors (Lipinski definition) is 5.